The molecule has 0 amide bonds. The molecule has 1 aromatic rings. The van der Waals surface area contributed by atoms with Crippen molar-refractivity contribution in [2.24, 2.45) is 0 Å². The average Bonchev–Trinajstić information content (AvgIpc) is 1.90. The van der Waals surface area contributed by atoms with Crippen LogP contribution in [0, 0.1) is 0 Å². The zero-order valence-electron chi connectivity index (χ0n) is 6.66. The summed E-state index contributed by atoms with van der Waals surface area (Å²) in [4.78, 5) is 3.83. The Kier molecular flexibility index (Phi) is 4.21. The van der Waals surface area contributed by atoms with Crippen LogP contribution >= 0.6 is 0 Å². The molecule has 0 aliphatic carbocycles. The summed E-state index contributed by atoms with van der Waals surface area (Å²) in [6.45, 7) is 0. The smallest absolute Gasteiger partial charge is 1.00 e. The van der Waals surface area contributed by atoms with Gasteiger partial charge in [0.25, 0.3) is 0 Å². The minimum Gasteiger partial charge on any atom is -1.00 e. The normalized spacial score (nSPS) is 7.67. The SMILES string of the molecule is COc1cccnc1.[H-].[Li+]. The molecule has 3 heteroatoms. The van der Waals surface area contributed by atoms with Crippen LogP contribution in [0.2, 0.25) is 0 Å². The number of ether oxygens (including phenoxy) is 1. The number of aromatic nitrogens is 1. The van der Waals surface area contributed by atoms with E-state index in [9.17, 15) is 0 Å². The molecule has 0 spiro atoms. The average molecular weight is 117 g/mol. The van der Waals surface area contributed by atoms with E-state index in [0.29, 0.717) is 0 Å². The van der Waals surface area contributed by atoms with Crippen molar-refractivity contribution >= 4 is 0 Å². The second kappa shape index (κ2) is 4.43. The largest absolute Gasteiger partial charge is 1.00 e. The summed E-state index contributed by atoms with van der Waals surface area (Å²) in [6, 6.07) is 3.69. The second-order valence-electron chi connectivity index (χ2n) is 1.39. The van der Waals surface area contributed by atoms with E-state index in [2.05, 4.69) is 4.98 Å². The third kappa shape index (κ3) is 2.55. The minimum atomic E-state index is 0. The number of rotatable bonds is 1. The van der Waals surface area contributed by atoms with Crippen molar-refractivity contribution in [2.75, 3.05) is 7.11 Å². The van der Waals surface area contributed by atoms with E-state index in [1.54, 1.807) is 19.5 Å². The molecule has 0 N–H and O–H groups in total. The van der Waals surface area contributed by atoms with Gasteiger partial charge < -0.3 is 6.16 Å². The van der Waals surface area contributed by atoms with Crippen molar-refractivity contribution in [1.29, 1.82) is 0 Å². The van der Waals surface area contributed by atoms with Gasteiger partial charge >= 0.3 is 18.9 Å². The standard InChI is InChI=1S/C6H7NO.Li.H/c1-8-6-3-2-4-7-5-6;;/h2-5H,1H3;;/q;+1;-1. The number of pyridine rings is 1. The van der Waals surface area contributed by atoms with Crippen LogP contribution < -0.4 is 23.6 Å². The van der Waals surface area contributed by atoms with Gasteiger partial charge in [0.05, 0.1) is 13.3 Å². The summed E-state index contributed by atoms with van der Waals surface area (Å²) in [5.74, 6) is 0.799. The summed E-state index contributed by atoms with van der Waals surface area (Å²) in [5, 5.41) is 0. The van der Waals surface area contributed by atoms with Gasteiger partial charge in [-0.05, 0) is 12.1 Å². The van der Waals surface area contributed by atoms with Gasteiger partial charge in [-0.3, -0.25) is 4.98 Å². The molecule has 1 rings (SSSR count). The Morgan fingerprint density at radius 1 is 1.67 bits per heavy atom. The van der Waals surface area contributed by atoms with E-state index in [-0.39, 0.29) is 20.3 Å². The van der Waals surface area contributed by atoms with Crippen molar-refractivity contribution in [3.05, 3.63) is 24.5 Å². The fourth-order valence-corrected chi connectivity index (χ4v) is 0.468. The van der Waals surface area contributed by atoms with Crippen LogP contribution in [0.25, 0.3) is 0 Å². The topological polar surface area (TPSA) is 22.1 Å². The predicted molar refractivity (Wildman–Crippen MR) is 31.9 cm³/mol. The van der Waals surface area contributed by atoms with Gasteiger partial charge in [-0.2, -0.15) is 0 Å². The molecule has 44 valence electrons. The van der Waals surface area contributed by atoms with Crippen LogP contribution in [0.1, 0.15) is 1.43 Å². The van der Waals surface area contributed by atoms with Gasteiger partial charge in [-0.15, -0.1) is 0 Å². The zero-order valence-corrected chi connectivity index (χ0v) is 5.66. The van der Waals surface area contributed by atoms with Gasteiger partial charge in [0.2, 0.25) is 0 Å². The minimum absolute atomic E-state index is 0. The Balaban J connectivity index is 0. The molecule has 0 radical (unpaired) electrons. The molecule has 0 atom stereocenters. The molecule has 1 aromatic heterocycles. The Bertz CT molecular complexity index is 159. The van der Waals surface area contributed by atoms with E-state index in [0.717, 1.165) is 5.75 Å². The van der Waals surface area contributed by atoms with E-state index in [1.165, 1.54) is 0 Å². The van der Waals surface area contributed by atoms with Gasteiger partial charge in [-0.1, -0.05) is 0 Å². The predicted octanol–water partition coefficient (Wildman–Crippen LogP) is -1.79. The zero-order chi connectivity index (χ0) is 5.82. The number of hydrogen-bond acceptors (Lipinski definition) is 2. The maximum atomic E-state index is 4.85. The molecule has 0 unspecified atom stereocenters. The number of methoxy groups -OCH3 is 1. The summed E-state index contributed by atoms with van der Waals surface area (Å²) in [7, 11) is 1.62. The van der Waals surface area contributed by atoms with E-state index in [1.807, 2.05) is 12.1 Å². The Morgan fingerprint density at radius 2 is 2.44 bits per heavy atom. The first-order valence-electron chi connectivity index (χ1n) is 2.37. The molecule has 0 saturated heterocycles. The molecule has 0 aliphatic rings. The maximum absolute atomic E-state index is 4.85. The summed E-state index contributed by atoms with van der Waals surface area (Å²) in [6.07, 6.45) is 3.38. The molecule has 1 heterocycles. The van der Waals surface area contributed by atoms with Crippen LogP contribution in [0.4, 0.5) is 0 Å². The fraction of sp³-hybridized carbons (Fsp3) is 0.167. The van der Waals surface area contributed by atoms with Crippen molar-refractivity contribution in [1.82, 2.24) is 4.98 Å². The van der Waals surface area contributed by atoms with Gasteiger partial charge in [-0.25, -0.2) is 0 Å². The molecule has 9 heavy (non-hydrogen) atoms. The first-order chi connectivity index (χ1) is 3.93. The third-order valence-electron chi connectivity index (χ3n) is 0.870. The van der Waals surface area contributed by atoms with Crippen LogP contribution in [-0.4, -0.2) is 12.1 Å². The summed E-state index contributed by atoms with van der Waals surface area (Å²) in [5.41, 5.74) is 0. The first-order valence-corrected chi connectivity index (χ1v) is 2.37. The molecule has 0 saturated carbocycles. The molecule has 2 nitrogen and oxygen atoms in total. The number of hydrogen-bond donors (Lipinski definition) is 0. The Hall–Kier alpha value is -0.453. The van der Waals surface area contributed by atoms with Crippen molar-refractivity contribution in [3.8, 4) is 5.75 Å². The van der Waals surface area contributed by atoms with Gasteiger partial charge in [0.1, 0.15) is 5.75 Å². The van der Waals surface area contributed by atoms with Gasteiger partial charge in [0.15, 0.2) is 0 Å². The third-order valence-corrected chi connectivity index (χ3v) is 0.870. The summed E-state index contributed by atoms with van der Waals surface area (Å²) < 4.78 is 4.85. The molecule has 0 aliphatic heterocycles. The second-order valence-corrected chi connectivity index (χ2v) is 1.39. The van der Waals surface area contributed by atoms with Crippen molar-refractivity contribution < 1.29 is 25.0 Å². The van der Waals surface area contributed by atoms with E-state index < -0.39 is 0 Å². The van der Waals surface area contributed by atoms with Crippen LogP contribution in [0.15, 0.2) is 24.5 Å². The fourth-order valence-electron chi connectivity index (χ4n) is 0.468. The molecule has 0 bridgehead atoms. The molecule has 0 fully saturated rings. The first kappa shape index (κ1) is 8.55. The number of nitrogens with zero attached hydrogens (tertiary/aromatic N) is 1. The molecular formula is C6H8LiNO. The van der Waals surface area contributed by atoms with Crippen molar-refractivity contribution in [3.63, 3.8) is 0 Å². The quantitative estimate of drug-likeness (QED) is 0.405. The maximum Gasteiger partial charge on any atom is 1.00 e. The monoisotopic (exact) mass is 117 g/mol. The molecule has 0 aromatic carbocycles. The van der Waals surface area contributed by atoms with Crippen LogP contribution in [0.3, 0.4) is 0 Å². The Morgan fingerprint density at radius 3 is 2.78 bits per heavy atom. The molecular weight excluding hydrogens is 109 g/mol. The van der Waals surface area contributed by atoms with Crippen LogP contribution in [0.5, 0.6) is 5.75 Å². The Labute approximate surface area is 67.9 Å². The van der Waals surface area contributed by atoms with E-state index >= 15 is 0 Å². The van der Waals surface area contributed by atoms with E-state index in [4.69, 9.17) is 4.74 Å². The van der Waals surface area contributed by atoms with Gasteiger partial charge in [0, 0.05) is 6.20 Å². The van der Waals surface area contributed by atoms with Crippen LogP contribution in [-0.2, 0) is 0 Å². The summed E-state index contributed by atoms with van der Waals surface area (Å²) >= 11 is 0. The van der Waals surface area contributed by atoms with Crippen molar-refractivity contribution in [2.45, 2.75) is 0 Å².